The van der Waals surface area contributed by atoms with Crippen LogP contribution < -0.4 is 10.2 Å². The fraction of sp³-hybridized carbons (Fsp3) is 0.222. The predicted octanol–water partition coefficient (Wildman–Crippen LogP) is -0.0936. The van der Waals surface area contributed by atoms with Crippen LogP contribution in [0.1, 0.15) is 18.1 Å². The van der Waals surface area contributed by atoms with Gasteiger partial charge in [-0.2, -0.15) is 8.42 Å². The first-order chi connectivity index (χ1) is 13.8. The van der Waals surface area contributed by atoms with Gasteiger partial charge in [0, 0.05) is 16.6 Å². The number of methoxy groups -OCH3 is 1. The predicted molar refractivity (Wildman–Crippen MR) is 107 cm³/mol. The lowest BCUT2D eigenvalue weighted by Crippen LogP contribution is -2.40. The standard InChI is InChI=1S/C18H18BN3O6S/c1-11-10-22(17-13-5-3-4-6-16(13)29(25,26)21-17)20-18(28-11)12-7-8-14(19(23)24)15(9-12)27-2/h3-9,11,23-24H,10H2,1-2H3. The second-order valence-corrected chi connectivity index (χ2v) is 8.20. The highest BCUT2D eigenvalue weighted by molar-refractivity contribution is 7.90. The van der Waals surface area contributed by atoms with Crippen molar-refractivity contribution in [2.75, 3.05) is 13.7 Å². The molecule has 0 spiro atoms. The Labute approximate surface area is 168 Å². The van der Waals surface area contributed by atoms with Gasteiger partial charge in [-0.3, -0.25) is 0 Å². The number of sulfonamides is 1. The van der Waals surface area contributed by atoms with E-state index in [0.29, 0.717) is 17.7 Å². The van der Waals surface area contributed by atoms with Crippen LogP contribution >= 0.6 is 0 Å². The van der Waals surface area contributed by atoms with Gasteiger partial charge >= 0.3 is 7.12 Å². The van der Waals surface area contributed by atoms with Crippen molar-refractivity contribution < 1.29 is 27.9 Å². The molecule has 1 atom stereocenters. The summed E-state index contributed by atoms with van der Waals surface area (Å²) in [5.41, 5.74) is 1.23. The SMILES string of the molecule is COc1cc(C2=NN(C3=NS(=O)(=O)c4ccccc43)CC(C)O2)ccc1B(O)O. The number of nitrogens with zero attached hydrogens (tertiary/aromatic N) is 3. The molecular formula is C18H18BN3O6S. The van der Waals surface area contributed by atoms with E-state index in [1.54, 1.807) is 30.3 Å². The summed E-state index contributed by atoms with van der Waals surface area (Å²) in [7, 11) is -4.04. The summed E-state index contributed by atoms with van der Waals surface area (Å²) in [6.07, 6.45) is -0.297. The van der Waals surface area contributed by atoms with E-state index in [1.165, 1.54) is 24.3 Å². The Morgan fingerprint density at radius 1 is 1.24 bits per heavy atom. The fourth-order valence-electron chi connectivity index (χ4n) is 3.24. The molecule has 2 aliphatic heterocycles. The van der Waals surface area contributed by atoms with E-state index in [9.17, 15) is 18.5 Å². The van der Waals surface area contributed by atoms with Crippen molar-refractivity contribution in [1.82, 2.24) is 5.01 Å². The highest BCUT2D eigenvalue weighted by Crippen LogP contribution is 2.29. The van der Waals surface area contributed by atoms with Gasteiger partial charge in [-0.25, -0.2) is 5.01 Å². The molecule has 0 saturated heterocycles. The zero-order valence-electron chi connectivity index (χ0n) is 15.7. The van der Waals surface area contributed by atoms with Gasteiger partial charge in [0.15, 0.2) is 5.84 Å². The van der Waals surface area contributed by atoms with Gasteiger partial charge < -0.3 is 19.5 Å². The number of amidine groups is 1. The average Bonchev–Trinajstić information content (AvgIpc) is 2.98. The Hall–Kier alpha value is -2.89. The fourth-order valence-corrected chi connectivity index (χ4v) is 4.44. The Bertz CT molecular complexity index is 1130. The molecule has 2 aromatic carbocycles. The van der Waals surface area contributed by atoms with Crippen LogP contribution in [0.4, 0.5) is 0 Å². The minimum atomic E-state index is -3.77. The molecule has 0 saturated carbocycles. The van der Waals surface area contributed by atoms with E-state index in [0.717, 1.165) is 0 Å². The minimum absolute atomic E-state index is 0.147. The maximum atomic E-state index is 12.4. The highest BCUT2D eigenvalue weighted by atomic mass is 32.2. The van der Waals surface area contributed by atoms with Crippen molar-refractivity contribution in [2.45, 2.75) is 17.9 Å². The van der Waals surface area contributed by atoms with Gasteiger partial charge in [0.2, 0.25) is 5.90 Å². The van der Waals surface area contributed by atoms with E-state index >= 15 is 0 Å². The van der Waals surface area contributed by atoms with Crippen LogP contribution in [-0.4, -0.2) is 62.1 Å². The van der Waals surface area contributed by atoms with E-state index in [-0.39, 0.29) is 33.9 Å². The van der Waals surface area contributed by atoms with Crippen LogP contribution in [0.25, 0.3) is 0 Å². The maximum absolute atomic E-state index is 12.4. The van der Waals surface area contributed by atoms with Crippen molar-refractivity contribution >= 4 is 34.3 Å². The van der Waals surface area contributed by atoms with Crippen LogP contribution in [0, 0.1) is 0 Å². The van der Waals surface area contributed by atoms with Gasteiger partial charge in [0.25, 0.3) is 10.0 Å². The number of hydrogen-bond donors (Lipinski definition) is 2. The number of rotatable bonds is 3. The zero-order valence-corrected chi connectivity index (χ0v) is 16.5. The summed E-state index contributed by atoms with van der Waals surface area (Å²) >= 11 is 0. The maximum Gasteiger partial charge on any atom is 0.492 e. The Kier molecular flexibility index (Phi) is 4.81. The van der Waals surface area contributed by atoms with E-state index in [2.05, 4.69) is 9.50 Å². The van der Waals surface area contributed by atoms with Crippen LogP contribution in [0.2, 0.25) is 0 Å². The van der Waals surface area contributed by atoms with Gasteiger partial charge in [-0.05, 0) is 31.2 Å². The molecule has 2 aromatic rings. The van der Waals surface area contributed by atoms with Gasteiger partial charge in [0.1, 0.15) is 16.7 Å². The molecule has 11 heteroatoms. The summed E-state index contributed by atoms with van der Waals surface area (Å²) < 4.78 is 39.7. The largest absolute Gasteiger partial charge is 0.497 e. The molecule has 150 valence electrons. The van der Waals surface area contributed by atoms with Crippen LogP contribution in [0.3, 0.4) is 0 Å². The molecule has 9 nitrogen and oxygen atoms in total. The number of ether oxygens (including phenoxy) is 2. The molecule has 1 unspecified atom stereocenters. The summed E-state index contributed by atoms with van der Waals surface area (Å²) in [5.74, 6) is 0.743. The Balaban J connectivity index is 1.76. The molecule has 2 heterocycles. The van der Waals surface area contributed by atoms with Crippen molar-refractivity contribution in [3.8, 4) is 5.75 Å². The molecule has 4 rings (SSSR count). The molecule has 0 bridgehead atoms. The second kappa shape index (κ2) is 7.18. The molecule has 0 aromatic heterocycles. The van der Waals surface area contributed by atoms with Crippen molar-refractivity contribution in [2.24, 2.45) is 9.50 Å². The van der Waals surface area contributed by atoms with Gasteiger partial charge in [-0.15, -0.1) is 9.50 Å². The molecule has 0 amide bonds. The van der Waals surface area contributed by atoms with E-state index in [4.69, 9.17) is 9.47 Å². The first-order valence-corrected chi connectivity index (χ1v) is 10.3. The lowest BCUT2D eigenvalue weighted by Gasteiger charge is -2.30. The van der Waals surface area contributed by atoms with Crippen molar-refractivity contribution in [3.63, 3.8) is 0 Å². The molecule has 29 heavy (non-hydrogen) atoms. The van der Waals surface area contributed by atoms with E-state index in [1.807, 2.05) is 6.92 Å². The third kappa shape index (κ3) is 3.48. The Morgan fingerprint density at radius 2 is 2.00 bits per heavy atom. The third-order valence-electron chi connectivity index (χ3n) is 4.57. The van der Waals surface area contributed by atoms with Gasteiger partial charge in [0.05, 0.1) is 13.7 Å². The summed E-state index contributed by atoms with van der Waals surface area (Å²) in [6, 6.07) is 11.3. The monoisotopic (exact) mass is 415 g/mol. The van der Waals surface area contributed by atoms with Crippen molar-refractivity contribution in [1.29, 1.82) is 0 Å². The summed E-state index contributed by atoms with van der Waals surface area (Å²) in [4.78, 5) is 0.147. The third-order valence-corrected chi connectivity index (χ3v) is 5.90. The summed E-state index contributed by atoms with van der Waals surface area (Å²) in [5, 5.41) is 24.8. The first-order valence-electron chi connectivity index (χ1n) is 8.82. The second-order valence-electron chi connectivity index (χ2n) is 6.63. The first kappa shape index (κ1) is 19.4. The molecule has 2 aliphatic rings. The molecule has 2 N–H and O–H groups in total. The number of fused-ring (bicyclic) bond motifs is 1. The number of benzene rings is 2. The topological polar surface area (TPSA) is 121 Å². The normalized spacial score (nSPS) is 19.7. The molecule has 0 radical (unpaired) electrons. The molecular weight excluding hydrogens is 397 g/mol. The number of hydrogen-bond acceptors (Lipinski definition) is 8. The quantitative estimate of drug-likeness (QED) is 0.672. The van der Waals surface area contributed by atoms with Crippen molar-refractivity contribution in [3.05, 3.63) is 53.6 Å². The summed E-state index contributed by atoms with van der Waals surface area (Å²) in [6.45, 7) is 2.15. The smallest absolute Gasteiger partial charge is 0.492 e. The Morgan fingerprint density at radius 3 is 2.72 bits per heavy atom. The number of hydrazone groups is 1. The van der Waals surface area contributed by atoms with E-state index < -0.39 is 17.1 Å². The zero-order chi connectivity index (χ0) is 20.8. The van der Waals surface area contributed by atoms with Crippen LogP contribution in [0.15, 0.2) is 56.9 Å². The lowest BCUT2D eigenvalue weighted by atomic mass is 9.79. The average molecular weight is 415 g/mol. The minimum Gasteiger partial charge on any atom is -0.497 e. The van der Waals surface area contributed by atoms with Gasteiger partial charge in [-0.1, -0.05) is 18.2 Å². The van der Waals surface area contributed by atoms with Crippen LogP contribution in [-0.2, 0) is 14.8 Å². The highest BCUT2D eigenvalue weighted by Gasteiger charge is 2.34. The molecule has 0 fully saturated rings. The molecule has 0 aliphatic carbocycles. The lowest BCUT2D eigenvalue weighted by molar-refractivity contribution is 0.142. The van der Waals surface area contributed by atoms with Crippen LogP contribution in [0.5, 0.6) is 5.75 Å².